The molecule has 1 heterocycles. The number of terminal acetylenes is 1. The van der Waals surface area contributed by atoms with Gasteiger partial charge in [0.2, 0.25) is 0 Å². The molecule has 1 aromatic rings. The van der Waals surface area contributed by atoms with Crippen LogP contribution in [0.3, 0.4) is 0 Å². The van der Waals surface area contributed by atoms with Crippen LogP contribution < -0.4 is 5.32 Å². The molecule has 88 valence electrons. The molecule has 0 radical (unpaired) electrons. The minimum absolute atomic E-state index is 0.371. The molecule has 0 aliphatic rings. The quantitative estimate of drug-likeness (QED) is 0.586. The average molecular weight is 219 g/mol. The van der Waals surface area contributed by atoms with E-state index in [1.54, 1.807) is 0 Å². The fourth-order valence-corrected chi connectivity index (χ4v) is 2.02. The van der Waals surface area contributed by atoms with E-state index in [4.69, 9.17) is 10.8 Å². The number of furan rings is 1. The molecule has 0 saturated heterocycles. The maximum atomic E-state index is 5.57. The Bertz CT molecular complexity index is 359. The first-order chi connectivity index (χ1) is 7.69. The predicted octanol–water partition coefficient (Wildman–Crippen LogP) is 3.35. The van der Waals surface area contributed by atoms with Crippen molar-refractivity contribution in [2.45, 2.75) is 46.1 Å². The van der Waals surface area contributed by atoms with Crippen molar-refractivity contribution in [2.75, 3.05) is 6.54 Å². The standard InChI is InChI=1S/C14H21NO/c1-5-7-8-9-14(15-6-2)13-10-11(3)16-12(13)4/h1,10,14-15H,6-9H2,2-4H3. The Labute approximate surface area is 98.4 Å². The molecule has 2 nitrogen and oxygen atoms in total. The second-order valence-electron chi connectivity index (χ2n) is 4.08. The second kappa shape index (κ2) is 6.40. The van der Waals surface area contributed by atoms with Gasteiger partial charge in [0, 0.05) is 18.0 Å². The lowest BCUT2D eigenvalue weighted by atomic mass is 10.0. The summed E-state index contributed by atoms with van der Waals surface area (Å²) in [5.74, 6) is 4.68. The molecule has 0 aliphatic heterocycles. The van der Waals surface area contributed by atoms with Crippen LogP contribution in [0.25, 0.3) is 0 Å². The number of aryl methyl sites for hydroxylation is 2. The van der Waals surface area contributed by atoms with E-state index < -0.39 is 0 Å². The Kier molecular flexibility index (Phi) is 5.14. The molecular weight excluding hydrogens is 198 g/mol. The van der Waals surface area contributed by atoms with Gasteiger partial charge in [0.15, 0.2) is 0 Å². The van der Waals surface area contributed by atoms with E-state index in [0.717, 1.165) is 37.3 Å². The lowest BCUT2D eigenvalue weighted by Crippen LogP contribution is -2.21. The summed E-state index contributed by atoms with van der Waals surface area (Å²) in [5, 5.41) is 3.48. The fourth-order valence-electron chi connectivity index (χ4n) is 2.02. The Balaban J connectivity index is 2.69. The molecule has 0 bridgehead atoms. The van der Waals surface area contributed by atoms with Gasteiger partial charge in [0.05, 0.1) is 0 Å². The van der Waals surface area contributed by atoms with E-state index in [1.807, 2.05) is 13.8 Å². The van der Waals surface area contributed by atoms with Gasteiger partial charge in [-0.3, -0.25) is 0 Å². The molecule has 0 fully saturated rings. The summed E-state index contributed by atoms with van der Waals surface area (Å²) in [4.78, 5) is 0. The van der Waals surface area contributed by atoms with Crippen molar-refractivity contribution in [3.8, 4) is 12.3 Å². The summed E-state index contributed by atoms with van der Waals surface area (Å²) < 4.78 is 5.57. The molecule has 0 spiro atoms. The third kappa shape index (κ3) is 3.43. The second-order valence-corrected chi connectivity index (χ2v) is 4.08. The lowest BCUT2D eigenvalue weighted by Gasteiger charge is -2.16. The minimum atomic E-state index is 0.371. The molecule has 1 atom stereocenters. The largest absolute Gasteiger partial charge is 0.466 e. The Hall–Kier alpha value is -1.20. The van der Waals surface area contributed by atoms with E-state index in [9.17, 15) is 0 Å². The van der Waals surface area contributed by atoms with Gasteiger partial charge in [0.25, 0.3) is 0 Å². The zero-order valence-electron chi connectivity index (χ0n) is 10.5. The zero-order valence-corrected chi connectivity index (χ0v) is 10.5. The summed E-state index contributed by atoms with van der Waals surface area (Å²) in [6.45, 7) is 7.09. The SMILES string of the molecule is C#CCCCC(NCC)c1cc(C)oc1C. The van der Waals surface area contributed by atoms with E-state index in [2.05, 4.69) is 24.2 Å². The van der Waals surface area contributed by atoms with Gasteiger partial charge < -0.3 is 9.73 Å². The molecular formula is C14H21NO. The highest BCUT2D eigenvalue weighted by Crippen LogP contribution is 2.25. The van der Waals surface area contributed by atoms with Gasteiger partial charge in [-0.1, -0.05) is 6.92 Å². The van der Waals surface area contributed by atoms with Crippen molar-refractivity contribution < 1.29 is 4.42 Å². The van der Waals surface area contributed by atoms with Crippen LogP contribution in [0.5, 0.6) is 0 Å². The molecule has 1 unspecified atom stereocenters. The number of hydrogen-bond donors (Lipinski definition) is 1. The minimum Gasteiger partial charge on any atom is -0.466 e. The first kappa shape index (κ1) is 12.9. The van der Waals surface area contributed by atoms with Crippen LogP contribution in [0.1, 0.15) is 49.3 Å². The highest BCUT2D eigenvalue weighted by Gasteiger charge is 2.15. The maximum absolute atomic E-state index is 5.57. The van der Waals surface area contributed by atoms with Gasteiger partial charge in [-0.25, -0.2) is 0 Å². The molecule has 2 heteroatoms. The van der Waals surface area contributed by atoms with Crippen LogP contribution in [-0.4, -0.2) is 6.54 Å². The molecule has 0 amide bonds. The summed E-state index contributed by atoms with van der Waals surface area (Å²) in [5.41, 5.74) is 1.27. The number of hydrogen-bond acceptors (Lipinski definition) is 2. The molecule has 1 rings (SSSR count). The summed E-state index contributed by atoms with van der Waals surface area (Å²) in [6.07, 6.45) is 8.24. The van der Waals surface area contributed by atoms with E-state index in [0.29, 0.717) is 6.04 Å². The van der Waals surface area contributed by atoms with E-state index >= 15 is 0 Å². The van der Waals surface area contributed by atoms with Crippen LogP contribution in [0, 0.1) is 26.2 Å². The van der Waals surface area contributed by atoms with Crippen molar-refractivity contribution >= 4 is 0 Å². The van der Waals surface area contributed by atoms with Crippen molar-refractivity contribution in [3.05, 3.63) is 23.2 Å². The Morgan fingerprint density at radius 3 is 2.75 bits per heavy atom. The highest BCUT2D eigenvalue weighted by molar-refractivity contribution is 5.24. The monoisotopic (exact) mass is 219 g/mol. The first-order valence-corrected chi connectivity index (χ1v) is 5.92. The maximum Gasteiger partial charge on any atom is 0.105 e. The van der Waals surface area contributed by atoms with E-state index in [1.165, 1.54) is 5.56 Å². The van der Waals surface area contributed by atoms with Gasteiger partial charge in [-0.15, -0.1) is 12.3 Å². The van der Waals surface area contributed by atoms with Crippen molar-refractivity contribution in [1.82, 2.24) is 5.32 Å². The average Bonchev–Trinajstić information content (AvgIpc) is 2.57. The van der Waals surface area contributed by atoms with Crippen LogP contribution in [0.4, 0.5) is 0 Å². The smallest absolute Gasteiger partial charge is 0.105 e. The summed E-state index contributed by atoms with van der Waals surface area (Å²) in [7, 11) is 0. The van der Waals surface area contributed by atoms with Gasteiger partial charge in [0.1, 0.15) is 11.5 Å². The van der Waals surface area contributed by atoms with Crippen molar-refractivity contribution in [3.63, 3.8) is 0 Å². The molecule has 1 aromatic heterocycles. The predicted molar refractivity (Wildman–Crippen MR) is 67.3 cm³/mol. The lowest BCUT2D eigenvalue weighted by molar-refractivity contribution is 0.469. The number of nitrogens with one attached hydrogen (secondary N) is 1. The van der Waals surface area contributed by atoms with Crippen LogP contribution in [0.15, 0.2) is 10.5 Å². The van der Waals surface area contributed by atoms with Gasteiger partial charge >= 0.3 is 0 Å². The third-order valence-corrected chi connectivity index (χ3v) is 2.72. The van der Waals surface area contributed by atoms with Gasteiger partial charge in [-0.05, 0) is 39.3 Å². The van der Waals surface area contributed by atoms with Crippen molar-refractivity contribution in [2.24, 2.45) is 0 Å². The zero-order chi connectivity index (χ0) is 12.0. The van der Waals surface area contributed by atoms with Crippen LogP contribution in [-0.2, 0) is 0 Å². The Morgan fingerprint density at radius 1 is 1.50 bits per heavy atom. The summed E-state index contributed by atoms with van der Waals surface area (Å²) >= 11 is 0. The molecule has 0 saturated carbocycles. The van der Waals surface area contributed by atoms with Crippen molar-refractivity contribution in [1.29, 1.82) is 0 Å². The van der Waals surface area contributed by atoms with Crippen LogP contribution >= 0.6 is 0 Å². The third-order valence-electron chi connectivity index (χ3n) is 2.72. The normalized spacial score (nSPS) is 12.4. The first-order valence-electron chi connectivity index (χ1n) is 5.92. The number of unbranched alkanes of at least 4 members (excludes halogenated alkanes) is 1. The topological polar surface area (TPSA) is 25.2 Å². The summed E-state index contributed by atoms with van der Waals surface area (Å²) in [6, 6.07) is 2.49. The highest BCUT2D eigenvalue weighted by atomic mass is 16.3. The molecule has 0 aliphatic carbocycles. The molecule has 1 N–H and O–H groups in total. The molecule has 16 heavy (non-hydrogen) atoms. The van der Waals surface area contributed by atoms with Gasteiger partial charge in [-0.2, -0.15) is 0 Å². The number of rotatable bonds is 6. The fraction of sp³-hybridized carbons (Fsp3) is 0.571. The Morgan fingerprint density at radius 2 is 2.25 bits per heavy atom. The van der Waals surface area contributed by atoms with Crippen LogP contribution in [0.2, 0.25) is 0 Å². The van der Waals surface area contributed by atoms with E-state index in [-0.39, 0.29) is 0 Å². The molecule has 0 aromatic carbocycles.